The molecule has 150 valence electrons. The third-order valence-electron chi connectivity index (χ3n) is 3.84. The van der Waals surface area contributed by atoms with Gasteiger partial charge in [-0.05, 0) is 60.7 Å². The number of carbonyl (C=O) groups excluding carboxylic acids is 3. The van der Waals surface area contributed by atoms with Crippen molar-refractivity contribution in [3.8, 4) is 5.75 Å². The van der Waals surface area contributed by atoms with Gasteiger partial charge in [-0.25, -0.2) is 0 Å². The minimum absolute atomic E-state index is 0.214. The van der Waals surface area contributed by atoms with E-state index in [9.17, 15) is 14.4 Å². The van der Waals surface area contributed by atoms with E-state index in [0.29, 0.717) is 33.7 Å². The molecule has 1 aliphatic heterocycles. The summed E-state index contributed by atoms with van der Waals surface area (Å²) in [6.07, 6.45) is 1.56. The largest absolute Gasteiger partial charge is 0.492 e. The van der Waals surface area contributed by atoms with Crippen molar-refractivity contribution < 1.29 is 19.1 Å². The van der Waals surface area contributed by atoms with Gasteiger partial charge in [0.1, 0.15) is 12.3 Å². The van der Waals surface area contributed by atoms with Crippen LogP contribution < -0.4 is 10.1 Å². The Morgan fingerprint density at radius 1 is 1.21 bits per heavy atom. The standard InChI is InChI=1S/C20H16Cl2N2O4S/c1-2-28-16-7-6-12(8-15(16)22)9-17-19(26)24(20(27)29-17)11-18(25)23-14-5-3-4-13(21)10-14/h3-10H,2,11H2,1H3,(H,23,25)/b17-9+. The smallest absolute Gasteiger partial charge is 0.294 e. The molecule has 0 unspecified atom stereocenters. The van der Waals surface area contributed by atoms with Crippen LogP contribution in [0.15, 0.2) is 47.4 Å². The highest BCUT2D eigenvalue weighted by Gasteiger charge is 2.36. The number of nitrogens with one attached hydrogen (secondary N) is 1. The number of imide groups is 1. The van der Waals surface area contributed by atoms with Gasteiger partial charge >= 0.3 is 0 Å². The van der Waals surface area contributed by atoms with Crippen molar-refractivity contribution in [2.45, 2.75) is 6.92 Å². The summed E-state index contributed by atoms with van der Waals surface area (Å²) in [5.41, 5.74) is 1.13. The Bertz CT molecular complexity index is 1010. The average Bonchev–Trinajstić information content (AvgIpc) is 2.91. The van der Waals surface area contributed by atoms with Gasteiger partial charge < -0.3 is 10.1 Å². The van der Waals surface area contributed by atoms with Gasteiger partial charge in [-0.2, -0.15) is 0 Å². The lowest BCUT2D eigenvalue weighted by Gasteiger charge is -2.12. The lowest BCUT2D eigenvalue weighted by molar-refractivity contribution is -0.127. The Balaban J connectivity index is 1.69. The molecule has 3 rings (SSSR count). The summed E-state index contributed by atoms with van der Waals surface area (Å²) in [7, 11) is 0. The number of amides is 3. The van der Waals surface area contributed by atoms with E-state index in [2.05, 4.69) is 5.32 Å². The first-order valence-corrected chi connectivity index (χ1v) is 10.2. The molecule has 1 fully saturated rings. The highest BCUT2D eigenvalue weighted by molar-refractivity contribution is 8.18. The number of nitrogens with zero attached hydrogens (tertiary/aromatic N) is 1. The van der Waals surface area contributed by atoms with Crippen molar-refractivity contribution in [2.24, 2.45) is 0 Å². The van der Waals surface area contributed by atoms with Crippen LogP contribution in [0.25, 0.3) is 6.08 Å². The summed E-state index contributed by atoms with van der Waals surface area (Å²) < 4.78 is 5.38. The van der Waals surface area contributed by atoms with Crippen LogP contribution in [-0.4, -0.2) is 35.1 Å². The number of thioether (sulfide) groups is 1. The maximum absolute atomic E-state index is 12.6. The molecule has 0 radical (unpaired) electrons. The fourth-order valence-electron chi connectivity index (χ4n) is 2.58. The first-order valence-electron chi connectivity index (χ1n) is 8.60. The molecule has 1 aliphatic rings. The molecule has 0 atom stereocenters. The molecule has 0 aliphatic carbocycles. The van der Waals surface area contributed by atoms with Crippen molar-refractivity contribution in [3.05, 3.63) is 63.0 Å². The van der Waals surface area contributed by atoms with E-state index in [-0.39, 0.29) is 4.91 Å². The quantitative estimate of drug-likeness (QED) is 0.621. The second-order valence-electron chi connectivity index (χ2n) is 5.95. The highest BCUT2D eigenvalue weighted by atomic mass is 35.5. The number of hydrogen-bond donors (Lipinski definition) is 1. The third kappa shape index (κ3) is 5.32. The van der Waals surface area contributed by atoms with Crippen LogP contribution in [0.5, 0.6) is 5.75 Å². The van der Waals surface area contributed by atoms with Crippen LogP contribution in [0.3, 0.4) is 0 Å². The minimum Gasteiger partial charge on any atom is -0.492 e. The van der Waals surface area contributed by atoms with Gasteiger partial charge in [0.15, 0.2) is 0 Å². The Hall–Kier alpha value is -2.48. The molecule has 1 saturated heterocycles. The van der Waals surface area contributed by atoms with E-state index in [1.54, 1.807) is 48.5 Å². The number of hydrogen-bond acceptors (Lipinski definition) is 5. The second kappa shape index (κ2) is 9.35. The van der Waals surface area contributed by atoms with Crippen LogP contribution in [0.1, 0.15) is 12.5 Å². The summed E-state index contributed by atoms with van der Waals surface area (Å²) >= 11 is 12.8. The first-order chi connectivity index (χ1) is 13.9. The maximum Gasteiger partial charge on any atom is 0.294 e. The van der Waals surface area contributed by atoms with E-state index in [1.165, 1.54) is 0 Å². The number of ether oxygens (including phenoxy) is 1. The van der Waals surface area contributed by atoms with Gasteiger partial charge in [0.2, 0.25) is 5.91 Å². The third-order valence-corrected chi connectivity index (χ3v) is 5.28. The van der Waals surface area contributed by atoms with E-state index in [0.717, 1.165) is 16.7 Å². The van der Waals surface area contributed by atoms with Gasteiger partial charge in [0.05, 0.1) is 16.5 Å². The van der Waals surface area contributed by atoms with E-state index < -0.39 is 23.6 Å². The summed E-state index contributed by atoms with van der Waals surface area (Å²) in [6.45, 7) is 1.94. The molecular weight excluding hydrogens is 435 g/mol. The monoisotopic (exact) mass is 450 g/mol. The lowest BCUT2D eigenvalue weighted by Crippen LogP contribution is -2.36. The minimum atomic E-state index is -0.536. The summed E-state index contributed by atoms with van der Waals surface area (Å²) in [5.74, 6) is -0.497. The first kappa shape index (κ1) is 21.2. The molecule has 2 aromatic rings. The SMILES string of the molecule is CCOc1ccc(/C=C2/SC(=O)N(CC(=O)Nc3cccc(Cl)c3)C2=O)cc1Cl. The number of benzene rings is 2. The maximum atomic E-state index is 12.6. The molecule has 1 N–H and O–H groups in total. The molecule has 0 aromatic heterocycles. The number of anilines is 1. The van der Waals surface area contributed by atoms with Gasteiger partial charge in [0.25, 0.3) is 11.1 Å². The lowest BCUT2D eigenvalue weighted by atomic mass is 10.2. The molecule has 0 saturated carbocycles. The summed E-state index contributed by atoms with van der Waals surface area (Å²) in [6, 6.07) is 11.7. The average molecular weight is 451 g/mol. The van der Waals surface area contributed by atoms with Crippen molar-refractivity contribution >= 4 is 63.8 Å². The molecule has 9 heteroatoms. The predicted octanol–water partition coefficient (Wildman–Crippen LogP) is 5.07. The summed E-state index contributed by atoms with van der Waals surface area (Å²) in [5, 5.41) is 2.96. The molecule has 3 amide bonds. The predicted molar refractivity (Wildman–Crippen MR) is 115 cm³/mol. The second-order valence-corrected chi connectivity index (χ2v) is 7.79. The Labute approximate surface area is 181 Å². The topological polar surface area (TPSA) is 75.7 Å². The van der Waals surface area contributed by atoms with E-state index >= 15 is 0 Å². The van der Waals surface area contributed by atoms with Crippen LogP contribution in [0.2, 0.25) is 10.0 Å². The fourth-order valence-corrected chi connectivity index (χ4v) is 3.85. The zero-order valence-electron chi connectivity index (χ0n) is 15.3. The number of rotatable bonds is 6. The van der Waals surface area contributed by atoms with Crippen molar-refractivity contribution in [2.75, 3.05) is 18.5 Å². The molecule has 29 heavy (non-hydrogen) atoms. The highest BCUT2D eigenvalue weighted by Crippen LogP contribution is 2.33. The van der Waals surface area contributed by atoms with Gasteiger partial charge in [-0.15, -0.1) is 0 Å². The molecule has 1 heterocycles. The van der Waals surface area contributed by atoms with Crippen LogP contribution in [0, 0.1) is 0 Å². The Kier molecular flexibility index (Phi) is 6.84. The van der Waals surface area contributed by atoms with Crippen molar-refractivity contribution in [3.63, 3.8) is 0 Å². The zero-order valence-corrected chi connectivity index (χ0v) is 17.6. The molecule has 0 bridgehead atoms. The Morgan fingerprint density at radius 2 is 2.00 bits per heavy atom. The van der Waals surface area contributed by atoms with E-state index in [1.807, 2.05) is 6.92 Å². The number of halogens is 2. The summed E-state index contributed by atoms with van der Waals surface area (Å²) in [4.78, 5) is 38.1. The number of carbonyl (C=O) groups is 3. The van der Waals surface area contributed by atoms with Crippen LogP contribution in [0.4, 0.5) is 10.5 Å². The molecule has 0 spiro atoms. The van der Waals surface area contributed by atoms with Gasteiger partial charge in [-0.1, -0.05) is 35.3 Å². The zero-order chi connectivity index (χ0) is 21.0. The molecular formula is C20H16Cl2N2O4S. The molecule has 6 nitrogen and oxygen atoms in total. The Morgan fingerprint density at radius 3 is 2.69 bits per heavy atom. The fraction of sp³-hybridized carbons (Fsp3) is 0.150. The van der Waals surface area contributed by atoms with Gasteiger partial charge in [0, 0.05) is 10.7 Å². The van der Waals surface area contributed by atoms with Gasteiger partial charge in [-0.3, -0.25) is 19.3 Å². The van der Waals surface area contributed by atoms with Crippen LogP contribution in [-0.2, 0) is 9.59 Å². The van der Waals surface area contributed by atoms with Crippen molar-refractivity contribution in [1.82, 2.24) is 4.90 Å². The van der Waals surface area contributed by atoms with E-state index in [4.69, 9.17) is 27.9 Å². The molecule has 2 aromatic carbocycles. The van der Waals surface area contributed by atoms with Crippen LogP contribution >= 0.6 is 35.0 Å². The normalized spacial score (nSPS) is 15.1. The van der Waals surface area contributed by atoms with Crippen molar-refractivity contribution in [1.29, 1.82) is 0 Å².